The molecule has 1 aromatic carbocycles. The van der Waals surface area contributed by atoms with E-state index in [1.807, 2.05) is 0 Å². The Morgan fingerprint density at radius 2 is 2.00 bits per heavy atom. The molecule has 1 amide bonds. The van der Waals surface area contributed by atoms with Crippen LogP contribution in [-0.2, 0) is 4.79 Å². The number of rotatable bonds is 4. The number of carbonyl (C=O) groups is 1. The summed E-state index contributed by atoms with van der Waals surface area (Å²) in [5.74, 6) is 0.445. The molecule has 0 bridgehead atoms. The highest BCUT2D eigenvalue weighted by Gasteiger charge is 2.41. The fourth-order valence-electron chi connectivity index (χ4n) is 3.45. The fourth-order valence-corrected chi connectivity index (χ4v) is 3.45. The van der Waals surface area contributed by atoms with Gasteiger partial charge in [0, 0.05) is 12.6 Å². The molecule has 2 fully saturated rings. The predicted octanol–water partition coefficient (Wildman–Crippen LogP) is 3.72. The second-order valence-electron chi connectivity index (χ2n) is 6.10. The van der Waals surface area contributed by atoms with Gasteiger partial charge in [-0.1, -0.05) is 19.1 Å². The van der Waals surface area contributed by atoms with Crippen LogP contribution in [0.25, 0.3) is 0 Å². The summed E-state index contributed by atoms with van der Waals surface area (Å²) < 4.78 is 13.1. The molecule has 1 heterocycles. The summed E-state index contributed by atoms with van der Waals surface area (Å²) in [6, 6.07) is 6.92. The van der Waals surface area contributed by atoms with Crippen LogP contribution in [0.15, 0.2) is 24.3 Å². The average molecular weight is 275 g/mol. The normalized spacial score (nSPS) is 23.9. The number of carbonyl (C=O) groups excluding carboxylic acids is 1. The van der Waals surface area contributed by atoms with Crippen LogP contribution >= 0.6 is 0 Å². The van der Waals surface area contributed by atoms with Crippen LogP contribution in [0, 0.1) is 11.7 Å². The van der Waals surface area contributed by atoms with E-state index < -0.39 is 0 Å². The first-order valence-corrected chi connectivity index (χ1v) is 7.76. The minimum atomic E-state index is -0.233. The number of amides is 1. The van der Waals surface area contributed by atoms with Gasteiger partial charge in [0.1, 0.15) is 5.82 Å². The third-order valence-corrected chi connectivity index (χ3v) is 4.72. The largest absolute Gasteiger partial charge is 0.339 e. The molecule has 0 N–H and O–H groups in total. The van der Waals surface area contributed by atoms with Gasteiger partial charge in [0.25, 0.3) is 0 Å². The lowest BCUT2D eigenvalue weighted by atomic mass is 9.92. The number of nitrogens with zero attached hydrogens (tertiary/aromatic N) is 1. The molecule has 0 aromatic heterocycles. The van der Waals surface area contributed by atoms with E-state index in [1.54, 1.807) is 12.1 Å². The monoisotopic (exact) mass is 275 g/mol. The van der Waals surface area contributed by atoms with Gasteiger partial charge >= 0.3 is 0 Å². The Morgan fingerprint density at radius 3 is 2.60 bits per heavy atom. The second kappa shape index (κ2) is 5.55. The molecule has 1 aromatic rings. The Morgan fingerprint density at radius 1 is 1.30 bits per heavy atom. The summed E-state index contributed by atoms with van der Waals surface area (Å²) in [6.07, 6.45) is 5.53. The SMILES string of the molecule is CCC1CCCN1C(=O)C(c1ccc(F)cc1)C1CC1. The van der Waals surface area contributed by atoms with Crippen LogP contribution in [0.5, 0.6) is 0 Å². The van der Waals surface area contributed by atoms with Crippen molar-refractivity contribution in [1.29, 1.82) is 0 Å². The molecule has 1 saturated heterocycles. The highest BCUT2D eigenvalue weighted by atomic mass is 19.1. The summed E-state index contributed by atoms with van der Waals surface area (Å²) in [4.78, 5) is 15.0. The molecule has 1 aliphatic heterocycles. The van der Waals surface area contributed by atoms with Crippen molar-refractivity contribution in [3.63, 3.8) is 0 Å². The van der Waals surface area contributed by atoms with E-state index in [0.29, 0.717) is 12.0 Å². The van der Waals surface area contributed by atoms with E-state index in [0.717, 1.165) is 44.2 Å². The van der Waals surface area contributed by atoms with Crippen LogP contribution in [0.1, 0.15) is 50.5 Å². The van der Waals surface area contributed by atoms with E-state index in [1.165, 1.54) is 12.1 Å². The number of hydrogen-bond acceptors (Lipinski definition) is 1. The highest BCUT2D eigenvalue weighted by Crippen LogP contribution is 2.44. The minimum Gasteiger partial charge on any atom is -0.339 e. The molecular weight excluding hydrogens is 253 g/mol. The third kappa shape index (κ3) is 2.58. The second-order valence-corrected chi connectivity index (χ2v) is 6.10. The van der Waals surface area contributed by atoms with Gasteiger partial charge in [0.2, 0.25) is 5.91 Å². The molecule has 3 rings (SSSR count). The first-order chi connectivity index (χ1) is 9.70. The van der Waals surface area contributed by atoms with E-state index >= 15 is 0 Å². The van der Waals surface area contributed by atoms with Crippen molar-refractivity contribution in [2.45, 2.75) is 51.0 Å². The van der Waals surface area contributed by atoms with Crippen LogP contribution in [0.2, 0.25) is 0 Å². The Bertz CT molecular complexity index is 480. The van der Waals surface area contributed by atoms with Gasteiger partial charge in [-0.25, -0.2) is 4.39 Å². The van der Waals surface area contributed by atoms with Gasteiger partial charge in [-0.2, -0.15) is 0 Å². The molecule has 2 aliphatic rings. The molecule has 0 spiro atoms. The molecule has 108 valence electrons. The predicted molar refractivity (Wildman–Crippen MR) is 76.9 cm³/mol. The van der Waals surface area contributed by atoms with Crippen molar-refractivity contribution in [3.8, 4) is 0 Å². The standard InChI is InChI=1S/C17H22FNO/c1-2-15-4-3-11-19(15)17(20)16(12-5-6-12)13-7-9-14(18)10-8-13/h7-10,12,15-16H,2-6,11H2,1H3. The first kappa shape index (κ1) is 13.6. The van der Waals surface area contributed by atoms with Gasteiger partial charge in [-0.15, -0.1) is 0 Å². The zero-order valence-corrected chi connectivity index (χ0v) is 12.0. The van der Waals surface area contributed by atoms with Crippen LogP contribution in [-0.4, -0.2) is 23.4 Å². The summed E-state index contributed by atoms with van der Waals surface area (Å²) >= 11 is 0. The fraction of sp³-hybridized carbons (Fsp3) is 0.588. The van der Waals surface area contributed by atoms with Crippen LogP contribution in [0.3, 0.4) is 0 Å². The summed E-state index contributed by atoms with van der Waals surface area (Å²) in [7, 11) is 0. The maximum Gasteiger partial charge on any atom is 0.230 e. The molecule has 3 heteroatoms. The number of halogens is 1. The maximum absolute atomic E-state index is 13.1. The molecule has 2 atom stereocenters. The molecule has 2 nitrogen and oxygen atoms in total. The molecule has 2 unspecified atom stereocenters. The zero-order chi connectivity index (χ0) is 14.1. The minimum absolute atomic E-state index is 0.0530. The third-order valence-electron chi connectivity index (χ3n) is 4.72. The van der Waals surface area contributed by atoms with Crippen molar-refractivity contribution in [1.82, 2.24) is 4.90 Å². The highest BCUT2D eigenvalue weighted by molar-refractivity contribution is 5.85. The lowest BCUT2D eigenvalue weighted by Crippen LogP contribution is -2.39. The Kier molecular flexibility index (Phi) is 3.77. The number of likely N-dealkylation sites (tertiary alicyclic amines) is 1. The van der Waals surface area contributed by atoms with Crippen molar-refractivity contribution >= 4 is 5.91 Å². The molecule has 1 saturated carbocycles. The van der Waals surface area contributed by atoms with Crippen LogP contribution < -0.4 is 0 Å². The Labute approximate surface area is 120 Å². The van der Waals surface area contributed by atoms with Crippen molar-refractivity contribution < 1.29 is 9.18 Å². The van der Waals surface area contributed by atoms with E-state index in [4.69, 9.17) is 0 Å². The molecule has 20 heavy (non-hydrogen) atoms. The molecule has 1 aliphatic carbocycles. The quantitative estimate of drug-likeness (QED) is 0.820. The smallest absolute Gasteiger partial charge is 0.230 e. The van der Waals surface area contributed by atoms with Gasteiger partial charge < -0.3 is 4.90 Å². The van der Waals surface area contributed by atoms with Crippen molar-refractivity contribution in [3.05, 3.63) is 35.6 Å². The summed E-state index contributed by atoms with van der Waals surface area (Å²) in [6.45, 7) is 3.04. The summed E-state index contributed by atoms with van der Waals surface area (Å²) in [5, 5.41) is 0. The van der Waals surface area contributed by atoms with Crippen LogP contribution in [0.4, 0.5) is 4.39 Å². The van der Waals surface area contributed by atoms with Gasteiger partial charge in [0.15, 0.2) is 0 Å². The van der Waals surface area contributed by atoms with Crippen molar-refractivity contribution in [2.75, 3.05) is 6.54 Å². The van der Waals surface area contributed by atoms with Crippen molar-refractivity contribution in [2.24, 2.45) is 5.92 Å². The van der Waals surface area contributed by atoms with Gasteiger partial charge in [-0.3, -0.25) is 4.79 Å². The summed E-state index contributed by atoms with van der Waals surface area (Å²) in [5.41, 5.74) is 0.987. The Balaban J connectivity index is 1.83. The first-order valence-electron chi connectivity index (χ1n) is 7.76. The molecular formula is C17H22FNO. The van der Waals surface area contributed by atoms with Gasteiger partial charge in [-0.05, 0) is 55.7 Å². The Hall–Kier alpha value is -1.38. The zero-order valence-electron chi connectivity index (χ0n) is 12.0. The lowest BCUT2D eigenvalue weighted by Gasteiger charge is -2.28. The topological polar surface area (TPSA) is 20.3 Å². The number of benzene rings is 1. The lowest BCUT2D eigenvalue weighted by molar-refractivity contribution is -0.134. The molecule has 0 radical (unpaired) electrons. The van der Waals surface area contributed by atoms with E-state index in [-0.39, 0.29) is 17.6 Å². The van der Waals surface area contributed by atoms with Gasteiger partial charge in [0.05, 0.1) is 5.92 Å². The average Bonchev–Trinajstić information content (AvgIpc) is 3.17. The van der Waals surface area contributed by atoms with E-state index in [2.05, 4.69) is 11.8 Å². The maximum atomic E-state index is 13.1. The number of hydrogen-bond donors (Lipinski definition) is 0. The van der Waals surface area contributed by atoms with E-state index in [9.17, 15) is 9.18 Å².